The number of hydrogen-bond acceptors (Lipinski definition) is 6. The van der Waals surface area contributed by atoms with Gasteiger partial charge in [-0.1, -0.05) is 18.1 Å². The zero-order valence-electron chi connectivity index (χ0n) is 11.3. The van der Waals surface area contributed by atoms with Gasteiger partial charge in [-0.25, -0.2) is 0 Å². The zero-order chi connectivity index (χ0) is 15.4. The van der Waals surface area contributed by atoms with E-state index in [1.54, 1.807) is 24.3 Å². The third kappa shape index (κ3) is 3.60. The Morgan fingerprint density at radius 2 is 1.76 bits per heavy atom. The van der Waals surface area contributed by atoms with Crippen LogP contribution in [0.4, 0.5) is 0 Å². The lowest BCUT2D eigenvalue weighted by molar-refractivity contribution is -0.304. The number of aliphatic hydroxyl groups excluding tert-OH is 4. The molecule has 0 spiro atoms. The Hall–Kier alpha value is -1.46. The van der Waals surface area contributed by atoms with Crippen LogP contribution in [0, 0.1) is 12.3 Å². The standard InChI is InChI=1S/C15H18O6/c1-2-9-3-5-10(6-4-9)8-20-15-14(19)13(18)12(17)11(7-16)21-15/h1,3-6,11-19H,7-8H2/t11-,12-,13+,14-,15-/m1/s1. The summed E-state index contributed by atoms with van der Waals surface area (Å²) in [5.41, 5.74) is 1.55. The van der Waals surface area contributed by atoms with Gasteiger partial charge < -0.3 is 29.9 Å². The van der Waals surface area contributed by atoms with E-state index in [1.807, 2.05) is 0 Å². The van der Waals surface area contributed by atoms with E-state index in [-0.39, 0.29) is 6.61 Å². The van der Waals surface area contributed by atoms with E-state index in [9.17, 15) is 15.3 Å². The molecule has 2 rings (SSSR count). The molecule has 6 nitrogen and oxygen atoms in total. The summed E-state index contributed by atoms with van der Waals surface area (Å²) >= 11 is 0. The number of aliphatic hydroxyl groups is 4. The van der Waals surface area contributed by atoms with Crippen LogP contribution in [0.1, 0.15) is 11.1 Å². The molecule has 6 heteroatoms. The van der Waals surface area contributed by atoms with Gasteiger partial charge in [-0.2, -0.15) is 0 Å². The summed E-state index contributed by atoms with van der Waals surface area (Å²) in [6, 6.07) is 7.07. The minimum atomic E-state index is -1.44. The molecule has 0 aromatic heterocycles. The van der Waals surface area contributed by atoms with Gasteiger partial charge in [0.15, 0.2) is 6.29 Å². The molecular weight excluding hydrogens is 276 g/mol. The Bertz CT molecular complexity index is 492. The zero-order valence-corrected chi connectivity index (χ0v) is 11.3. The van der Waals surface area contributed by atoms with E-state index < -0.39 is 37.3 Å². The lowest BCUT2D eigenvalue weighted by atomic mass is 9.99. The van der Waals surface area contributed by atoms with Crippen LogP contribution in [0.15, 0.2) is 24.3 Å². The maximum absolute atomic E-state index is 9.81. The molecule has 1 heterocycles. The fraction of sp³-hybridized carbons (Fsp3) is 0.467. The van der Waals surface area contributed by atoms with E-state index in [0.29, 0.717) is 0 Å². The van der Waals surface area contributed by atoms with E-state index in [4.69, 9.17) is 21.0 Å². The number of benzene rings is 1. The summed E-state index contributed by atoms with van der Waals surface area (Å²) in [6.07, 6.45) is -1.07. The Labute approximate surface area is 122 Å². The van der Waals surface area contributed by atoms with Crippen molar-refractivity contribution in [2.24, 2.45) is 0 Å². The fourth-order valence-electron chi connectivity index (χ4n) is 2.08. The molecule has 1 aliphatic rings. The van der Waals surface area contributed by atoms with Crippen LogP contribution >= 0.6 is 0 Å². The van der Waals surface area contributed by atoms with Gasteiger partial charge in [0.25, 0.3) is 0 Å². The van der Waals surface area contributed by atoms with Crippen molar-refractivity contribution in [3.05, 3.63) is 35.4 Å². The van der Waals surface area contributed by atoms with Crippen LogP contribution in [-0.4, -0.2) is 57.7 Å². The third-order valence-electron chi connectivity index (χ3n) is 3.38. The van der Waals surface area contributed by atoms with Crippen LogP contribution in [0.25, 0.3) is 0 Å². The van der Waals surface area contributed by atoms with Crippen molar-refractivity contribution >= 4 is 0 Å². The summed E-state index contributed by atoms with van der Waals surface area (Å²) in [6.45, 7) is -0.352. The molecule has 5 atom stereocenters. The molecule has 1 saturated heterocycles. The van der Waals surface area contributed by atoms with E-state index in [2.05, 4.69) is 5.92 Å². The molecule has 0 unspecified atom stereocenters. The Morgan fingerprint density at radius 3 is 2.33 bits per heavy atom. The number of hydrogen-bond donors (Lipinski definition) is 4. The Morgan fingerprint density at radius 1 is 1.10 bits per heavy atom. The second-order valence-electron chi connectivity index (χ2n) is 4.85. The van der Waals surface area contributed by atoms with Gasteiger partial charge in [-0.3, -0.25) is 0 Å². The number of rotatable bonds is 4. The average molecular weight is 294 g/mol. The van der Waals surface area contributed by atoms with E-state index in [1.165, 1.54) is 0 Å². The van der Waals surface area contributed by atoms with Gasteiger partial charge in [-0.05, 0) is 17.7 Å². The van der Waals surface area contributed by atoms with Gasteiger partial charge in [-0.15, -0.1) is 6.42 Å². The molecule has 1 aliphatic heterocycles. The molecule has 0 saturated carbocycles. The van der Waals surface area contributed by atoms with Crippen molar-refractivity contribution in [3.8, 4) is 12.3 Å². The van der Waals surface area contributed by atoms with Crippen molar-refractivity contribution < 1.29 is 29.9 Å². The largest absolute Gasteiger partial charge is 0.394 e. The maximum atomic E-state index is 9.81. The summed E-state index contributed by atoms with van der Waals surface area (Å²) in [7, 11) is 0. The van der Waals surface area contributed by atoms with Crippen LogP contribution in [0.2, 0.25) is 0 Å². The quantitative estimate of drug-likeness (QED) is 0.531. The van der Waals surface area contributed by atoms with Crippen molar-refractivity contribution in [2.45, 2.75) is 37.3 Å². The number of ether oxygens (including phenoxy) is 2. The monoisotopic (exact) mass is 294 g/mol. The maximum Gasteiger partial charge on any atom is 0.187 e. The highest BCUT2D eigenvalue weighted by molar-refractivity contribution is 5.33. The van der Waals surface area contributed by atoms with Crippen molar-refractivity contribution in [3.63, 3.8) is 0 Å². The summed E-state index contributed by atoms with van der Waals surface area (Å²) in [4.78, 5) is 0. The van der Waals surface area contributed by atoms with Crippen molar-refractivity contribution in [2.75, 3.05) is 6.61 Å². The Balaban J connectivity index is 1.96. The molecule has 0 radical (unpaired) electrons. The SMILES string of the molecule is C#Cc1ccc(CO[C@@H]2O[C@H](CO)[C@@H](O)[C@H](O)[C@H]2O)cc1. The molecule has 4 N–H and O–H groups in total. The first-order valence-electron chi connectivity index (χ1n) is 6.54. The van der Waals surface area contributed by atoms with Crippen molar-refractivity contribution in [1.29, 1.82) is 0 Å². The molecule has 1 fully saturated rings. The highest BCUT2D eigenvalue weighted by Crippen LogP contribution is 2.22. The topological polar surface area (TPSA) is 99.4 Å². The molecule has 114 valence electrons. The van der Waals surface area contributed by atoms with Gasteiger partial charge in [0, 0.05) is 5.56 Å². The first-order chi connectivity index (χ1) is 10.1. The minimum Gasteiger partial charge on any atom is -0.394 e. The predicted molar refractivity (Wildman–Crippen MR) is 72.9 cm³/mol. The first-order valence-corrected chi connectivity index (χ1v) is 6.54. The van der Waals surface area contributed by atoms with E-state index in [0.717, 1.165) is 11.1 Å². The van der Waals surface area contributed by atoms with Crippen LogP contribution < -0.4 is 0 Å². The molecule has 0 amide bonds. The summed E-state index contributed by atoms with van der Waals surface area (Å²) in [5.74, 6) is 2.50. The summed E-state index contributed by atoms with van der Waals surface area (Å²) < 4.78 is 10.6. The molecule has 21 heavy (non-hydrogen) atoms. The van der Waals surface area contributed by atoms with Gasteiger partial charge in [0.1, 0.15) is 24.4 Å². The first kappa shape index (κ1) is 15.9. The summed E-state index contributed by atoms with van der Waals surface area (Å²) in [5, 5.41) is 38.2. The van der Waals surface area contributed by atoms with Crippen LogP contribution in [0.5, 0.6) is 0 Å². The lowest BCUT2D eigenvalue weighted by Crippen LogP contribution is -2.59. The van der Waals surface area contributed by atoms with Gasteiger partial charge in [0.2, 0.25) is 0 Å². The molecule has 1 aromatic rings. The van der Waals surface area contributed by atoms with E-state index >= 15 is 0 Å². The van der Waals surface area contributed by atoms with Crippen LogP contribution in [-0.2, 0) is 16.1 Å². The third-order valence-corrected chi connectivity index (χ3v) is 3.38. The minimum absolute atomic E-state index is 0.132. The fourth-order valence-corrected chi connectivity index (χ4v) is 2.08. The second-order valence-corrected chi connectivity index (χ2v) is 4.85. The molecule has 0 bridgehead atoms. The molecule has 1 aromatic carbocycles. The Kier molecular flexibility index (Phi) is 5.31. The number of terminal acetylenes is 1. The highest BCUT2D eigenvalue weighted by Gasteiger charge is 2.43. The van der Waals surface area contributed by atoms with Crippen LogP contribution in [0.3, 0.4) is 0 Å². The lowest BCUT2D eigenvalue weighted by Gasteiger charge is -2.39. The highest BCUT2D eigenvalue weighted by atomic mass is 16.7. The van der Waals surface area contributed by atoms with Crippen molar-refractivity contribution in [1.82, 2.24) is 0 Å². The second kappa shape index (κ2) is 7.00. The smallest absolute Gasteiger partial charge is 0.187 e. The van der Waals surface area contributed by atoms with Gasteiger partial charge in [0.05, 0.1) is 13.2 Å². The molecule has 0 aliphatic carbocycles. The average Bonchev–Trinajstić information content (AvgIpc) is 2.52. The molecular formula is C15H18O6. The predicted octanol–water partition coefficient (Wildman–Crippen LogP) is -1.02. The normalized spacial score (nSPS) is 32.6. The van der Waals surface area contributed by atoms with Gasteiger partial charge >= 0.3 is 0 Å².